The van der Waals surface area contributed by atoms with E-state index < -0.39 is 28.7 Å². The minimum Gasteiger partial charge on any atom is -0.378 e. The third-order valence-electron chi connectivity index (χ3n) is 5.25. The van der Waals surface area contributed by atoms with E-state index >= 15 is 0 Å². The average Bonchev–Trinajstić information content (AvgIpc) is 2.80. The number of benzene rings is 2. The lowest BCUT2D eigenvalue weighted by Gasteiger charge is -2.26. The molecule has 1 saturated heterocycles. The zero-order valence-electron chi connectivity index (χ0n) is 17.3. The molecule has 166 valence electrons. The Balaban J connectivity index is 1.90. The average molecular weight is 459 g/mol. The highest BCUT2D eigenvalue weighted by Gasteiger charge is 2.26. The van der Waals surface area contributed by atoms with Gasteiger partial charge in [0.15, 0.2) is 0 Å². The van der Waals surface area contributed by atoms with Crippen LogP contribution in [0.1, 0.15) is 21.6 Å². The molecule has 1 aliphatic heterocycles. The molecule has 1 amide bonds. The lowest BCUT2D eigenvalue weighted by Crippen LogP contribution is -2.48. The van der Waals surface area contributed by atoms with Crippen molar-refractivity contribution < 1.29 is 13.9 Å². The molecule has 1 aromatic heterocycles. The Morgan fingerprint density at radius 3 is 2.56 bits per heavy atom. The van der Waals surface area contributed by atoms with Crippen molar-refractivity contribution in [3.8, 4) is 5.69 Å². The number of halogens is 2. The first-order chi connectivity index (χ1) is 15.4. The monoisotopic (exact) mass is 458 g/mol. The van der Waals surface area contributed by atoms with Gasteiger partial charge in [-0.25, -0.2) is 9.18 Å². The van der Waals surface area contributed by atoms with Gasteiger partial charge < -0.3 is 9.64 Å². The number of carbonyl (C=O) groups is 1. The van der Waals surface area contributed by atoms with E-state index in [0.29, 0.717) is 31.3 Å². The van der Waals surface area contributed by atoms with Gasteiger partial charge in [-0.15, -0.1) is 0 Å². The summed E-state index contributed by atoms with van der Waals surface area (Å²) in [7, 11) is 0. The summed E-state index contributed by atoms with van der Waals surface area (Å²) in [6.07, 6.45) is 0. The molecule has 10 heteroatoms. The fourth-order valence-electron chi connectivity index (χ4n) is 3.38. The molecular weight excluding hydrogens is 439 g/mol. The summed E-state index contributed by atoms with van der Waals surface area (Å²) in [4.78, 5) is 40.9. The van der Waals surface area contributed by atoms with Crippen LogP contribution in [0.2, 0.25) is 5.02 Å². The molecule has 0 N–H and O–H groups in total. The van der Waals surface area contributed by atoms with E-state index in [1.54, 1.807) is 25.1 Å². The van der Waals surface area contributed by atoms with E-state index in [1.165, 1.54) is 29.2 Å². The third kappa shape index (κ3) is 4.21. The number of hydrogen-bond acceptors (Lipinski definition) is 5. The maximum absolute atomic E-state index is 14.3. The highest BCUT2D eigenvalue weighted by Crippen LogP contribution is 2.18. The molecule has 2 heterocycles. The second-order valence-corrected chi connectivity index (χ2v) is 7.77. The predicted octanol–water partition coefficient (Wildman–Crippen LogP) is 2.02. The van der Waals surface area contributed by atoms with Crippen molar-refractivity contribution >= 4 is 17.5 Å². The van der Waals surface area contributed by atoms with Crippen LogP contribution in [0.5, 0.6) is 0 Å². The van der Waals surface area contributed by atoms with Gasteiger partial charge in [0, 0.05) is 23.7 Å². The standard InChI is InChI=1S/C22H20ClFN4O4/c1-14-6-7-16(12-17(14)23)28-22(31)27(13-15-4-2-3-5-18(15)24)21(30)19(25-28)20(29)26-8-10-32-11-9-26/h2-7,12H,8-11,13H2,1H3. The first-order valence-corrected chi connectivity index (χ1v) is 10.4. The van der Waals surface area contributed by atoms with Crippen molar-refractivity contribution in [1.29, 1.82) is 0 Å². The van der Waals surface area contributed by atoms with Gasteiger partial charge in [-0.1, -0.05) is 35.9 Å². The number of morpholine rings is 1. The Morgan fingerprint density at radius 2 is 1.88 bits per heavy atom. The second-order valence-electron chi connectivity index (χ2n) is 7.36. The van der Waals surface area contributed by atoms with Gasteiger partial charge in [0.2, 0.25) is 5.69 Å². The molecule has 1 fully saturated rings. The Kier molecular flexibility index (Phi) is 6.20. The van der Waals surface area contributed by atoms with E-state index in [0.717, 1.165) is 14.8 Å². The normalized spacial score (nSPS) is 13.9. The highest BCUT2D eigenvalue weighted by atomic mass is 35.5. The van der Waals surface area contributed by atoms with Crippen LogP contribution in [0.25, 0.3) is 5.69 Å². The van der Waals surface area contributed by atoms with Crippen molar-refractivity contribution in [3.05, 3.63) is 91.0 Å². The van der Waals surface area contributed by atoms with E-state index in [9.17, 15) is 18.8 Å². The molecule has 2 aromatic carbocycles. The number of carbonyl (C=O) groups excluding carboxylic acids is 1. The third-order valence-corrected chi connectivity index (χ3v) is 5.65. The number of aromatic nitrogens is 3. The molecule has 0 spiro atoms. The molecule has 0 saturated carbocycles. The number of aryl methyl sites for hydroxylation is 1. The van der Waals surface area contributed by atoms with Crippen molar-refractivity contribution in [2.75, 3.05) is 26.3 Å². The van der Waals surface area contributed by atoms with Gasteiger partial charge in [-0.3, -0.25) is 14.2 Å². The minimum atomic E-state index is -0.885. The van der Waals surface area contributed by atoms with Gasteiger partial charge in [0.1, 0.15) is 5.82 Å². The van der Waals surface area contributed by atoms with Crippen LogP contribution < -0.4 is 11.2 Å². The number of rotatable bonds is 4. The fourth-order valence-corrected chi connectivity index (χ4v) is 3.56. The zero-order chi connectivity index (χ0) is 22.8. The molecule has 1 aliphatic rings. The topological polar surface area (TPSA) is 86.4 Å². The number of hydrogen-bond donors (Lipinski definition) is 0. The largest absolute Gasteiger partial charge is 0.378 e. The number of amides is 1. The van der Waals surface area contributed by atoms with Gasteiger partial charge in [0.05, 0.1) is 25.4 Å². The summed E-state index contributed by atoms with van der Waals surface area (Å²) in [5.74, 6) is -1.19. The second kappa shape index (κ2) is 9.05. The Hall–Kier alpha value is -3.30. The molecule has 8 nitrogen and oxygen atoms in total. The molecular formula is C22H20ClFN4O4. The van der Waals surface area contributed by atoms with Gasteiger partial charge in [-0.05, 0) is 30.7 Å². The molecule has 0 atom stereocenters. The number of ether oxygens (including phenoxy) is 1. The summed E-state index contributed by atoms with van der Waals surface area (Å²) >= 11 is 6.21. The minimum absolute atomic E-state index is 0.135. The van der Waals surface area contributed by atoms with Crippen molar-refractivity contribution in [2.45, 2.75) is 13.5 Å². The van der Waals surface area contributed by atoms with Crippen LogP contribution in [0.3, 0.4) is 0 Å². The summed E-state index contributed by atoms with van der Waals surface area (Å²) in [5.41, 5.74) is -0.923. The SMILES string of the molecule is Cc1ccc(-n2nc(C(=O)N3CCOCC3)c(=O)n(Cc3ccccc3F)c2=O)cc1Cl. The molecule has 0 bridgehead atoms. The van der Waals surface area contributed by atoms with Gasteiger partial charge in [0.25, 0.3) is 11.5 Å². The van der Waals surface area contributed by atoms with Gasteiger partial charge in [-0.2, -0.15) is 9.78 Å². The van der Waals surface area contributed by atoms with E-state index in [-0.39, 0.29) is 17.8 Å². The van der Waals surface area contributed by atoms with Crippen molar-refractivity contribution in [3.63, 3.8) is 0 Å². The lowest BCUT2D eigenvalue weighted by molar-refractivity contribution is 0.0295. The summed E-state index contributed by atoms with van der Waals surface area (Å²) in [5, 5.41) is 4.49. The maximum Gasteiger partial charge on any atom is 0.352 e. The summed E-state index contributed by atoms with van der Waals surface area (Å²) in [6, 6.07) is 10.6. The molecule has 0 unspecified atom stereocenters. The van der Waals surface area contributed by atoms with Crippen LogP contribution >= 0.6 is 11.6 Å². The molecule has 32 heavy (non-hydrogen) atoms. The van der Waals surface area contributed by atoms with Crippen LogP contribution in [0.15, 0.2) is 52.1 Å². The van der Waals surface area contributed by atoms with Crippen molar-refractivity contribution in [2.24, 2.45) is 0 Å². The number of nitrogens with zero attached hydrogens (tertiary/aromatic N) is 4. The van der Waals surface area contributed by atoms with E-state index in [4.69, 9.17) is 16.3 Å². The lowest BCUT2D eigenvalue weighted by atomic mass is 10.2. The smallest absolute Gasteiger partial charge is 0.352 e. The quantitative estimate of drug-likeness (QED) is 0.597. The summed E-state index contributed by atoms with van der Waals surface area (Å²) in [6.45, 7) is 2.71. The van der Waals surface area contributed by atoms with Crippen molar-refractivity contribution in [1.82, 2.24) is 19.2 Å². The predicted molar refractivity (Wildman–Crippen MR) is 116 cm³/mol. The van der Waals surface area contributed by atoms with Gasteiger partial charge >= 0.3 is 5.69 Å². The first-order valence-electron chi connectivity index (χ1n) is 9.98. The Morgan fingerprint density at radius 1 is 1.16 bits per heavy atom. The zero-order valence-corrected chi connectivity index (χ0v) is 18.0. The first kappa shape index (κ1) is 21.9. The maximum atomic E-state index is 14.3. The Labute approximate surface area is 187 Å². The van der Waals surface area contributed by atoms with E-state index in [1.807, 2.05) is 0 Å². The fraction of sp³-hybridized carbons (Fsp3) is 0.273. The molecule has 4 rings (SSSR count). The van der Waals surface area contributed by atoms with Crippen LogP contribution in [-0.4, -0.2) is 51.5 Å². The Bertz CT molecular complexity index is 1300. The van der Waals surface area contributed by atoms with Crippen LogP contribution in [-0.2, 0) is 11.3 Å². The van der Waals surface area contributed by atoms with Crippen LogP contribution in [0, 0.1) is 12.7 Å². The molecule has 0 aliphatic carbocycles. The molecule has 0 radical (unpaired) electrons. The van der Waals surface area contributed by atoms with E-state index in [2.05, 4.69) is 5.10 Å². The molecule has 3 aromatic rings. The highest BCUT2D eigenvalue weighted by molar-refractivity contribution is 6.31. The van der Waals surface area contributed by atoms with Crippen LogP contribution in [0.4, 0.5) is 4.39 Å². The summed E-state index contributed by atoms with van der Waals surface area (Å²) < 4.78 is 21.3.